The van der Waals surface area contributed by atoms with Gasteiger partial charge in [0.15, 0.2) is 11.5 Å². The highest BCUT2D eigenvalue weighted by molar-refractivity contribution is 7.87. The van der Waals surface area contributed by atoms with E-state index in [2.05, 4.69) is 4.72 Å². The molecule has 1 aliphatic carbocycles. The Bertz CT molecular complexity index is 786. The smallest absolute Gasteiger partial charge is 0.279 e. The molecule has 3 aliphatic rings. The number of nitrogens with zero attached hydrogens (tertiary/aromatic N) is 1. The lowest BCUT2D eigenvalue weighted by Crippen LogP contribution is -2.49. The van der Waals surface area contributed by atoms with E-state index in [0.29, 0.717) is 31.4 Å². The average molecular weight is 427 g/mol. The van der Waals surface area contributed by atoms with Crippen molar-refractivity contribution in [2.75, 3.05) is 33.6 Å². The number of piperidine rings is 1. The molecule has 8 nitrogen and oxygen atoms in total. The molecular formula is C20H30N2O6S. The van der Waals surface area contributed by atoms with Crippen molar-refractivity contribution < 1.29 is 27.4 Å². The third-order valence-corrected chi connectivity index (χ3v) is 7.63. The van der Waals surface area contributed by atoms with Gasteiger partial charge in [-0.15, -0.1) is 0 Å². The fourth-order valence-corrected chi connectivity index (χ4v) is 5.78. The minimum atomic E-state index is -3.43. The zero-order valence-corrected chi connectivity index (χ0v) is 17.7. The second-order valence-electron chi connectivity index (χ2n) is 8.03. The van der Waals surface area contributed by atoms with Gasteiger partial charge in [-0.25, -0.2) is 0 Å². The second-order valence-corrected chi connectivity index (χ2v) is 9.73. The number of ether oxygens (including phenoxy) is 4. The summed E-state index contributed by atoms with van der Waals surface area (Å²) in [6.45, 7) is 2.07. The molecule has 1 N–H and O–H groups in total. The van der Waals surface area contributed by atoms with Crippen LogP contribution in [0, 0.1) is 5.92 Å². The molecule has 9 heteroatoms. The van der Waals surface area contributed by atoms with E-state index in [1.165, 1.54) is 0 Å². The number of benzene rings is 1. The summed E-state index contributed by atoms with van der Waals surface area (Å²) in [5.74, 6) is 2.66. The van der Waals surface area contributed by atoms with Crippen LogP contribution in [0.4, 0.5) is 0 Å². The summed E-state index contributed by atoms with van der Waals surface area (Å²) in [6, 6.07) is 5.56. The Balaban J connectivity index is 1.23. The van der Waals surface area contributed by atoms with E-state index in [-0.39, 0.29) is 18.9 Å². The van der Waals surface area contributed by atoms with E-state index in [4.69, 9.17) is 18.9 Å². The molecule has 0 aromatic heterocycles. The van der Waals surface area contributed by atoms with Gasteiger partial charge in [0.1, 0.15) is 5.75 Å². The molecule has 0 atom stereocenters. The Morgan fingerprint density at radius 2 is 1.79 bits per heavy atom. The minimum Gasteiger partial charge on any atom is -0.490 e. The van der Waals surface area contributed by atoms with Crippen molar-refractivity contribution >= 4 is 10.2 Å². The molecule has 1 saturated heterocycles. The SMILES string of the molecule is COCC1CCN(S(=O)(=O)NC2CCC(Oc3ccc4c(c3)OCO4)CC2)CC1. The molecule has 2 aliphatic heterocycles. The highest BCUT2D eigenvalue weighted by Crippen LogP contribution is 2.36. The summed E-state index contributed by atoms with van der Waals surface area (Å²) >= 11 is 0. The van der Waals surface area contributed by atoms with Crippen molar-refractivity contribution in [2.24, 2.45) is 5.92 Å². The van der Waals surface area contributed by atoms with E-state index < -0.39 is 10.2 Å². The average Bonchev–Trinajstić information content (AvgIpc) is 3.18. The lowest BCUT2D eigenvalue weighted by atomic mass is 9.94. The monoisotopic (exact) mass is 426 g/mol. The molecule has 2 fully saturated rings. The van der Waals surface area contributed by atoms with Crippen LogP contribution >= 0.6 is 0 Å². The van der Waals surface area contributed by atoms with Gasteiger partial charge in [0, 0.05) is 38.9 Å². The Morgan fingerprint density at radius 3 is 2.52 bits per heavy atom. The number of methoxy groups -OCH3 is 1. The predicted octanol–water partition coefficient (Wildman–Crippen LogP) is 2.30. The van der Waals surface area contributed by atoms with Crippen molar-refractivity contribution in [2.45, 2.75) is 50.7 Å². The summed E-state index contributed by atoms with van der Waals surface area (Å²) in [4.78, 5) is 0. The van der Waals surface area contributed by atoms with Crippen molar-refractivity contribution in [3.8, 4) is 17.2 Å². The van der Waals surface area contributed by atoms with E-state index >= 15 is 0 Å². The molecule has 1 aromatic carbocycles. The third-order valence-electron chi connectivity index (χ3n) is 5.95. The van der Waals surface area contributed by atoms with Gasteiger partial charge < -0.3 is 18.9 Å². The zero-order chi connectivity index (χ0) is 20.3. The fourth-order valence-electron chi connectivity index (χ4n) is 4.28. The van der Waals surface area contributed by atoms with Gasteiger partial charge in [-0.3, -0.25) is 0 Å². The molecule has 2 heterocycles. The van der Waals surface area contributed by atoms with Crippen molar-refractivity contribution in [3.63, 3.8) is 0 Å². The molecule has 162 valence electrons. The van der Waals surface area contributed by atoms with Crippen LogP contribution in [0.25, 0.3) is 0 Å². The Hall–Kier alpha value is -1.55. The van der Waals surface area contributed by atoms with Gasteiger partial charge in [-0.2, -0.15) is 17.4 Å². The van der Waals surface area contributed by atoms with Gasteiger partial charge >= 0.3 is 0 Å². The van der Waals surface area contributed by atoms with Crippen LogP contribution < -0.4 is 18.9 Å². The number of rotatable bonds is 7. The number of hydrogen-bond acceptors (Lipinski definition) is 6. The van der Waals surface area contributed by atoms with Crippen LogP contribution in [-0.4, -0.2) is 58.5 Å². The van der Waals surface area contributed by atoms with Gasteiger partial charge in [0.05, 0.1) is 6.10 Å². The minimum absolute atomic E-state index is 0.0340. The van der Waals surface area contributed by atoms with Crippen LogP contribution in [0.5, 0.6) is 17.2 Å². The van der Waals surface area contributed by atoms with Crippen LogP contribution in [0.2, 0.25) is 0 Å². The van der Waals surface area contributed by atoms with E-state index in [9.17, 15) is 8.42 Å². The van der Waals surface area contributed by atoms with E-state index in [1.807, 2.05) is 18.2 Å². The fraction of sp³-hybridized carbons (Fsp3) is 0.700. The van der Waals surface area contributed by atoms with Crippen LogP contribution in [0.1, 0.15) is 38.5 Å². The van der Waals surface area contributed by atoms with Crippen LogP contribution in [0.3, 0.4) is 0 Å². The number of hydrogen-bond donors (Lipinski definition) is 1. The summed E-state index contributed by atoms with van der Waals surface area (Å²) < 4.78 is 51.9. The van der Waals surface area contributed by atoms with Gasteiger partial charge in [0.2, 0.25) is 6.79 Å². The first kappa shape index (κ1) is 20.7. The quantitative estimate of drug-likeness (QED) is 0.720. The van der Waals surface area contributed by atoms with Gasteiger partial charge in [-0.05, 0) is 56.6 Å². The molecule has 4 rings (SSSR count). The van der Waals surface area contributed by atoms with Gasteiger partial charge in [0.25, 0.3) is 10.2 Å². The van der Waals surface area contributed by atoms with Crippen LogP contribution in [0.15, 0.2) is 18.2 Å². The summed E-state index contributed by atoms with van der Waals surface area (Å²) in [7, 11) is -1.74. The van der Waals surface area contributed by atoms with Crippen molar-refractivity contribution in [1.82, 2.24) is 9.03 Å². The molecule has 0 spiro atoms. The maximum Gasteiger partial charge on any atom is 0.279 e. The van der Waals surface area contributed by atoms with E-state index in [1.54, 1.807) is 11.4 Å². The molecule has 0 amide bonds. The molecule has 1 saturated carbocycles. The topological polar surface area (TPSA) is 86.3 Å². The first-order valence-electron chi connectivity index (χ1n) is 10.4. The predicted molar refractivity (Wildman–Crippen MR) is 107 cm³/mol. The summed E-state index contributed by atoms with van der Waals surface area (Å²) in [5, 5.41) is 0. The summed E-state index contributed by atoms with van der Waals surface area (Å²) in [6.07, 6.45) is 4.97. The maximum absolute atomic E-state index is 12.7. The molecule has 0 radical (unpaired) electrons. The zero-order valence-electron chi connectivity index (χ0n) is 16.8. The Morgan fingerprint density at radius 1 is 1.07 bits per heavy atom. The van der Waals surface area contributed by atoms with Crippen LogP contribution in [-0.2, 0) is 14.9 Å². The summed E-state index contributed by atoms with van der Waals surface area (Å²) in [5.41, 5.74) is 0. The molecule has 29 heavy (non-hydrogen) atoms. The maximum atomic E-state index is 12.7. The normalized spacial score (nSPS) is 25.8. The molecule has 0 bridgehead atoms. The molecule has 1 aromatic rings. The van der Waals surface area contributed by atoms with Crippen molar-refractivity contribution in [1.29, 1.82) is 0 Å². The Kier molecular flexibility index (Phi) is 6.48. The first-order valence-corrected chi connectivity index (χ1v) is 11.8. The highest BCUT2D eigenvalue weighted by Gasteiger charge is 2.32. The lowest BCUT2D eigenvalue weighted by molar-refractivity contribution is 0.120. The first-order chi connectivity index (χ1) is 14.0. The highest BCUT2D eigenvalue weighted by atomic mass is 32.2. The Labute approximate surface area is 172 Å². The lowest BCUT2D eigenvalue weighted by Gasteiger charge is -2.34. The molecule has 0 unspecified atom stereocenters. The number of nitrogens with one attached hydrogen (secondary N) is 1. The third kappa shape index (κ3) is 5.14. The van der Waals surface area contributed by atoms with Crippen molar-refractivity contribution in [3.05, 3.63) is 18.2 Å². The standard InChI is InChI=1S/C20H30N2O6S/c1-25-13-15-8-10-22(11-9-15)29(23,24)21-16-2-4-17(5-3-16)28-18-6-7-19-20(12-18)27-14-26-19/h6-7,12,15-17,21H,2-5,8-11,13-14H2,1H3. The van der Waals surface area contributed by atoms with Gasteiger partial charge in [-0.1, -0.05) is 0 Å². The number of fused-ring (bicyclic) bond motifs is 1. The molecular weight excluding hydrogens is 396 g/mol. The largest absolute Gasteiger partial charge is 0.490 e. The van der Waals surface area contributed by atoms with E-state index in [0.717, 1.165) is 50.0 Å². The second kappa shape index (κ2) is 9.07.